The number of anilines is 3. The maximum atomic E-state index is 12.1. The molecule has 0 bridgehead atoms. The lowest BCUT2D eigenvalue weighted by Gasteiger charge is -2.18. The van der Waals surface area contributed by atoms with Gasteiger partial charge in [-0.05, 0) is 55.2 Å². The van der Waals surface area contributed by atoms with Gasteiger partial charge in [0, 0.05) is 31.3 Å². The normalized spacial score (nSPS) is 13.3. The van der Waals surface area contributed by atoms with Crippen LogP contribution in [0.5, 0.6) is 11.5 Å². The van der Waals surface area contributed by atoms with Crippen molar-refractivity contribution in [3.05, 3.63) is 59.4 Å². The molecule has 4 rings (SSSR count). The van der Waals surface area contributed by atoms with E-state index in [0.717, 1.165) is 42.0 Å². The minimum Gasteiger partial charge on any atom is -0.497 e. The Morgan fingerprint density at radius 3 is 2.79 bits per heavy atom. The molecule has 1 amide bonds. The molecule has 9 heteroatoms. The van der Waals surface area contributed by atoms with E-state index in [-0.39, 0.29) is 18.5 Å². The largest absolute Gasteiger partial charge is 0.497 e. The summed E-state index contributed by atoms with van der Waals surface area (Å²) in [4.78, 5) is 26.7. The van der Waals surface area contributed by atoms with Crippen LogP contribution in [0.15, 0.2) is 42.5 Å². The summed E-state index contributed by atoms with van der Waals surface area (Å²) < 4.78 is 11.2. The summed E-state index contributed by atoms with van der Waals surface area (Å²) in [6.45, 7) is 3.47. The first-order valence-corrected chi connectivity index (χ1v) is 10.9. The lowest BCUT2D eigenvalue weighted by molar-refractivity contribution is -0.117. The number of nitrogens with two attached hydrogens (primary N) is 1. The zero-order valence-corrected chi connectivity index (χ0v) is 18.9. The van der Waals surface area contributed by atoms with Gasteiger partial charge in [0.15, 0.2) is 5.82 Å². The number of hydrogen-bond donors (Lipinski definition) is 2. The highest BCUT2D eigenvalue weighted by molar-refractivity contribution is 5.95. The predicted octanol–water partition coefficient (Wildman–Crippen LogP) is 3.13. The highest BCUT2D eigenvalue weighted by atomic mass is 16.5. The summed E-state index contributed by atoms with van der Waals surface area (Å²) in [5.74, 6) is 2.56. The quantitative estimate of drug-likeness (QED) is 0.513. The van der Waals surface area contributed by atoms with Crippen molar-refractivity contribution in [2.45, 2.75) is 32.8 Å². The van der Waals surface area contributed by atoms with Crippen molar-refractivity contribution in [2.75, 3.05) is 36.1 Å². The topological polar surface area (TPSA) is 115 Å². The first-order valence-electron chi connectivity index (χ1n) is 10.9. The van der Waals surface area contributed by atoms with E-state index in [4.69, 9.17) is 15.2 Å². The number of rotatable bonds is 9. The molecule has 1 fully saturated rings. The van der Waals surface area contributed by atoms with Crippen LogP contribution in [0.4, 0.5) is 17.6 Å². The summed E-state index contributed by atoms with van der Waals surface area (Å²) in [6.07, 6.45) is 2.23. The third kappa shape index (κ3) is 5.88. The van der Waals surface area contributed by atoms with E-state index in [2.05, 4.69) is 20.3 Å². The Morgan fingerprint density at radius 2 is 2.00 bits per heavy atom. The fourth-order valence-electron chi connectivity index (χ4n) is 3.76. The van der Waals surface area contributed by atoms with Crippen molar-refractivity contribution in [1.29, 1.82) is 0 Å². The van der Waals surface area contributed by atoms with Gasteiger partial charge >= 0.3 is 0 Å². The molecule has 0 radical (unpaired) electrons. The molecule has 9 nitrogen and oxygen atoms in total. The first-order chi connectivity index (χ1) is 16.0. The van der Waals surface area contributed by atoms with Gasteiger partial charge in [-0.3, -0.25) is 4.79 Å². The zero-order chi connectivity index (χ0) is 23.2. The smallest absolute Gasteiger partial charge is 0.227 e. The van der Waals surface area contributed by atoms with Crippen molar-refractivity contribution in [3.63, 3.8) is 0 Å². The van der Waals surface area contributed by atoms with E-state index in [9.17, 15) is 4.79 Å². The fraction of sp³-hybridized carbons (Fsp3) is 0.333. The van der Waals surface area contributed by atoms with E-state index in [1.54, 1.807) is 12.0 Å². The lowest BCUT2D eigenvalue weighted by atomic mass is 10.1. The highest BCUT2D eigenvalue weighted by Crippen LogP contribution is 2.27. The number of aryl methyl sites for hydroxylation is 1. The van der Waals surface area contributed by atoms with Crippen LogP contribution in [0.3, 0.4) is 0 Å². The van der Waals surface area contributed by atoms with E-state index in [0.29, 0.717) is 30.5 Å². The van der Waals surface area contributed by atoms with E-state index >= 15 is 0 Å². The van der Waals surface area contributed by atoms with Crippen LogP contribution in [-0.2, 0) is 17.8 Å². The average Bonchev–Trinajstić information content (AvgIpc) is 3.23. The molecule has 0 unspecified atom stereocenters. The van der Waals surface area contributed by atoms with Gasteiger partial charge < -0.3 is 25.4 Å². The second-order valence-electron chi connectivity index (χ2n) is 7.90. The first kappa shape index (κ1) is 22.3. The van der Waals surface area contributed by atoms with Gasteiger partial charge in [-0.1, -0.05) is 12.1 Å². The van der Waals surface area contributed by atoms with Crippen LogP contribution in [-0.4, -0.2) is 41.1 Å². The van der Waals surface area contributed by atoms with Gasteiger partial charge in [-0.2, -0.15) is 15.0 Å². The molecule has 0 saturated carbocycles. The Hall–Kier alpha value is -3.88. The number of ether oxygens (including phenoxy) is 2. The third-order valence-corrected chi connectivity index (χ3v) is 5.32. The molecule has 172 valence electrons. The molecular formula is C24H28N6O3. The monoisotopic (exact) mass is 448 g/mol. The summed E-state index contributed by atoms with van der Waals surface area (Å²) in [5, 5.41) is 3.19. The number of amides is 1. The van der Waals surface area contributed by atoms with Crippen molar-refractivity contribution in [2.24, 2.45) is 0 Å². The van der Waals surface area contributed by atoms with Crippen molar-refractivity contribution < 1.29 is 14.3 Å². The second kappa shape index (κ2) is 10.2. The molecule has 2 aromatic carbocycles. The Bertz CT molecular complexity index is 1140. The Kier molecular flexibility index (Phi) is 6.87. The van der Waals surface area contributed by atoms with Crippen LogP contribution in [0.1, 0.15) is 29.8 Å². The maximum Gasteiger partial charge on any atom is 0.227 e. The summed E-state index contributed by atoms with van der Waals surface area (Å²) in [5.41, 5.74) is 8.88. The standard InChI is InChI=1S/C24H28N6O3/c1-16-11-18(30-10-4-7-22(30)31)14-20(12-16)33-15-21-27-23(25)29-24(28-21)26-9-8-17-5-3-6-19(13-17)32-2/h3,5-6,11-14H,4,7-10,15H2,1-2H3,(H3,25,26,27,28,29). The number of benzene rings is 2. The molecule has 1 aliphatic heterocycles. The van der Waals surface area contributed by atoms with Crippen LogP contribution in [0, 0.1) is 6.92 Å². The molecule has 3 N–H and O–H groups in total. The van der Waals surface area contributed by atoms with Crippen molar-refractivity contribution in [3.8, 4) is 11.5 Å². The molecule has 3 aromatic rings. The van der Waals surface area contributed by atoms with Gasteiger partial charge in [0.05, 0.1) is 7.11 Å². The molecule has 33 heavy (non-hydrogen) atoms. The molecule has 0 spiro atoms. The van der Waals surface area contributed by atoms with Gasteiger partial charge in [-0.15, -0.1) is 0 Å². The number of carbonyl (C=O) groups is 1. The number of hydrogen-bond acceptors (Lipinski definition) is 8. The number of nitrogens with zero attached hydrogens (tertiary/aromatic N) is 4. The van der Waals surface area contributed by atoms with Crippen molar-refractivity contribution >= 4 is 23.5 Å². The molecule has 0 atom stereocenters. The highest BCUT2D eigenvalue weighted by Gasteiger charge is 2.22. The number of aromatic nitrogens is 3. The minimum atomic E-state index is 0.125. The average molecular weight is 449 g/mol. The number of nitrogen functional groups attached to an aromatic ring is 1. The fourth-order valence-corrected chi connectivity index (χ4v) is 3.76. The number of nitrogens with one attached hydrogen (secondary N) is 1. The van der Waals surface area contributed by atoms with E-state index < -0.39 is 0 Å². The second-order valence-corrected chi connectivity index (χ2v) is 7.90. The molecule has 1 aliphatic rings. The zero-order valence-electron chi connectivity index (χ0n) is 18.9. The molecule has 0 aliphatic carbocycles. The molecule has 1 aromatic heterocycles. The SMILES string of the molecule is COc1cccc(CCNc2nc(N)nc(COc3cc(C)cc(N4CCCC4=O)c3)n2)c1. The molecular weight excluding hydrogens is 420 g/mol. The molecule has 2 heterocycles. The molecule has 1 saturated heterocycles. The van der Waals surface area contributed by atoms with E-state index in [1.165, 1.54) is 0 Å². The van der Waals surface area contributed by atoms with Gasteiger partial charge in [0.2, 0.25) is 17.8 Å². The van der Waals surface area contributed by atoms with Gasteiger partial charge in [0.1, 0.15) is 18.1 Å². The van der Waals surface area contributed by atoms with Crippen molar-refractivity contribution in [1.82, 2.24) is 15.0 Å². The Balaban J connectivity index is 1.38. The van der Waals surface area contributed by atoms with Gasteiger partial charge in [0.25, 0.3) is 0 Å². The van der Waals surface area contributed by atoms with Gasteiger partial charge in [-0.25, -0.2) is 0 Å². The summed E-state index contributed by atoms with van der Waals surface area (Å²) >= 11 is 0. The van der Waals surface area contributed by atoms with Crippen LogP contribution < -0.4 is 25.4 Å². The summed E-state index contributed by atoms with van der Waals surface area (Å²) in [7, 11) is 1.65. The van der Waals surface area contributed by atoms with E-state index in [1.807, 2.05) is 49.4 Å². The number of carbonyl (C=O) groups excluding carboxylic acids is 1. The maximum absolute atomic E-state index is 12.1. The van der Waals surface area contributed by atoms with Crippen LogP contribution in [0.25, 0.3) is 0 Å². The lowest BCUT2D eigenvalue weighted by Crippen LogP contribution is -2.23. The Morgan fingerprint density at radius 1 is 1.12 bits per heavy atom. The predicted molar refractivity (Wildman–Crippen MR) is 127 cm³/mol. The van der Waals surface area contributed by atoms with Crippen LogP contribution >= 0.6 is 0 Å². The minimum absolute atomic E-state index is 0.125. The summed E-state index contributed by atoms with van der Waals surface area (Å²) in [6, 6.07) is 13.7. The number of methoxy groups -OCH3 is 1. The van der Waals surface area contributed by atoms with Crippen LogP contribution in [0.2, 0.25) is 0 Å². The third-order valence-electron chi connectivity index (χ3n) is 5.32. The Labute approximate surface area is 193 Å².